The Hall–Kier alpha value is -2.01. The molecule has 0 aliphatic heterocycles. The van der Waals surface area contributed by atoms with E-state index in [0.29, 0.717) is 17.1 Å². The predicted molar refractivity (Wildman–Crippen MR) is 79.7 cm³/mol. The fourth-order valence-corrected chi connectivity index (χ4v) is 2.60. The van der Waals surface area contributed by atoms with Crippen LogP contribution in [-0.4, -0.2) is 20.1 Å². The minimum Gasteiger partial charge on any atom is -0.493 e. The molecule has 0 saturated heterocycles. The summed E-state index contributed by atoms with van der Waals surface area (Å²) in [5, 5.41) is 4.96. The summed E-state index contributed by atoms with van der Waals surface area (Å²) < 4.78 is 10.4. The van der Waals surface area contributed by atoms with Gasteiger partial charge in [-0.1, -0.05) is 6.07 Å². The number of methoxy groups -OCH3 is 2. The van der Waals surface area contributed by atoms with Crippen molar-refractivity contribution in [3.05, 3.63) is 46.2 Å². The van der Waals surface area contributed by atoms with Gasteiger partial charge in [-0.2, -0.15) is 0 Å². The monoisotopic (exact) mass is 291 g/mol. The van der Waals surface area contributed by atoms with Crippen LogP contribution in [0.15, 0.2) is 35.7 Å². The molecule has 0 aliphatic carbocycles. The van der Waals surface area contributed by atoms with Crippen molar-refractivity contribution in [2.75, 3.05) is 14.2 Å². The van der Waals surface area contributed by atoms with Gasteiger partial charge in [0.05, 0.1) is 20.3 Å². The van der Waals surface area contributed by atoms with E-state index in [4.69, 9.17) is 9.47 Å². The fraction of sp³-hybridized carbons (Fsp3) is 0.267. The molecular weight excluding hydrogens is 274 g/mol. The van der Waals surface area contributed by atoms with Crippen LogP contribution in [0.2, 0.25) is 0 Å². The van der Waals surface area contributed by atoms with Crippen LogP contribution in [0.1, 0.15) is 28.2 Å². The van der Waals surface area contributed by atoms with Crippen LogP contribution in [0.3, 0.4) is 0 Å². The summed E-state index contributed by atoms with van der Waals surface area (Å²) in [6.45, 7) is 1.96. The standard InChI is InChI=1S/C15H17NO3S/c1-10(14-5-4-8-20-14)16-15(17)11-6-7-12(18-2)13(9-11)19-3/h4-10H,1-3H3,(H,16,17)/t10-/m0/s1. The molecule has 2 rings (SSSR count). The normalized spacial score (nSPS) is 11.8. The lowest BCUT2D eigenvalue weighted by molar-refractivity contribution is 0.0940. The van der Waals surface area contributed by atoms with Crippen LogP contribution >= 0.6 is 11.3 Å². The van der Waals surface area contributed by atoms with Crippen molar-refractivity contribution in [1.82, 2.24) is 5.32 Å². The quantitative estimate of drug-likeness (QED) is 0.920. The molecule has 0 fully saturated rings. The largest absolute Gasteiger partial charge is 0.493 e. The average Bonchev–Trinajstić information content (AvgIpc) is 3.00. The minimum atomic E-state index is -0.133. The Bertz CT molecular complexity index is 581. The third kappa shape index (κ3) is 3.11. The van der Waals surface area contributed by atoms with Crippen LogP contribution in [0.25, 0.3) is 0 Å². The highest BCUT2D eigenvalue weighted by Crippen LogP contribution is 2.28. The molecule has 0 radical (unpaired) electrons. The van der Waals surface area contributed by atoms with E-state index >= 15 is 0 Å². The van der Waals surface area contributed by atoms with Crippen molar-refractivity contribution < 1.29 is 14.3 Å². The van der Waals surface area contributed by atoms with E-state index in [1.165, 1.54) is 0 Å². The molecule has 0 aliphatic rings. The molecule has 0 spiro atoms. The van der Waals surface area contributed by atoms with Crippen molar-refractivity contribution in [2.24, 2.45) is 0 Å². The van der Waals surface area contributed by atoms with Crippen LogP contribution < -0.4 is 14.8 Å². The summed E-state index contributed by atoms with van der Waals surface area (Å²) in [6.07, 6.45) is 0. The second-order valence-electron chi connectivity index (χ2n) is 4.28. The van der Waals surface area contributed by atoms with Gasteiger partial charge in [-0.25, -0.2) is 0 Å². The maximum atomic E-state index is 12.2. The van der Waals surface area contributed by atoms with Gasteiger partial charge in [-0.05, 0) is 36.6 Å². The summed E-state index contributed by atoms with van der Waals surface area (Å²) in [6, 6.07) is 9.08. The van der Waals surface area contributed by atoms with Gasteiger partial charge in [0.15, 0.2) is 11.5 Å². The summed E-state index contributed by atoms with van der Waals surface area (Å²) in [4.78, 5) is 13.3. The number of benzene rings is 1. The van der Waals surface area contributed by atoms with Gasteiger partial charge in [-0.3, -0.25) is 4.79 Å². The van der Waals surface area contributed by atoms with Crippen LogP contribution in [0.4, 0.5) is 0 Å². The Labute approximate surface area is 122 Å². The maximum Gasteiger partial charge on any atom is 0.251 e. The van der Waals surface area contributed by atoms with Crippen LogP contribution in [0.5, 0.6) is 11.5 Å². The first-order chi connectivity index (χ1) is 9.65. The van der Waals surface area contributed by atoms with Crippen molar-refractivity contribution in [1.29, 1.82) is 0 Å². The van der Waals surface area contributed by atoms with E-state index < -0.39 is 0 Å². The number of thiophene rings is 1. The second-order valence-corrected chi connectivity index (χ2v) is 5.26. The highest BCUT2D eigenvalue weighted by Gasteiger charge is 2.14. The molecule has 1 heterocycles. The third-order valence-corrected chi connectivity index (χ3v) is 4.02. The molecule has 20 heavy (non-hydrogen) atoms. The van der Waals surface area contributed by atoms with Crippen LogP contribution in [0, 0.1) is 0 Å². The van der Waals surface area contributed by atoms with E-state index in [2.05, 4.69) is 5.32 Å². The molecule has 0 unspecified atom stereocenters. The fourth-order valence-electron chi connectivity index (χ4n) is 1.87. The number of hydrogen-bond donors (Lipinski definition) is 1. The minimum absolute atomic E-state index is 0.0180. The molecule has 5 heteroatoms. The van der Waals surface area contributed by atoms with Crippen molar-refractivity contribution in [3.8, 4) is 11.5 Å². The first-order valence-electron chi connectivity index (χ1n) is 6.22. The van der Waals surface area contributed by atoms with Crippen molar-refractivity contribution >= 4 is 17.2 Å². The molecular formula is C15H17NO3S. The molecule has 1 aromatic heterocycles. The SMILES string of the molecule is COc1ccc(C(=O)N[C@@H](C)c2cccs2)cc1OC. The van der Waals surface area contributed by atoms with Gasteiger partial charge < -0.3 is 14.8 Å². The van der Waals surface area contributed by atoms with Crippen molar-refractivity contribution in [2.45, 2.75) is 13.0 Å². The molecule has 2 aromatic rings. The van der Waals surface area contributed by atoms with E-state index in [1.807, 2.05) is 24.4 Å². The first-order valence-corrected chi connectivity index (χ1v) is 7.10. The highest BCUT2D eigenvalue weighted by molar-refractivity contribution is 7.10. The van der Waals surface area contributed by atoms with Gasteiger partial charge in [0.25, 0.3) is 5.91 Å². The number of hydrogen-bond acceptors (Lipinski definition) is 4. The molecule has 1 amide bonds. The number of carbonyl (C=O) groups excluding carboxylic acids is 1. The Morgan fingerprint density at radius 2 is 1.95 bits per heavy atom. The van der Waals surface area contributed by atoms with Crippen LogP contribution in [-0.2, 0) is 0 Å². The van der Waals surface area contributed by atoms with Gasteiger partial charge >= 0.3 is 0 Å². The molecule has 1 aromatic carbocycles. The molecule has 4 nitrogen and oxygen atoms in total. The molecule has 1 N–H and O–H groups in total. The lowest BCUT2D eigenvalue weighted by Gasteiger charge is -2.13. The Morgan fingerprint density at radius 1 is 1.20 bits per heavy atom. The number of ether oxygens (including phenoxy) is 2. The summed E-state index contributed by atoms with van der Waals surface area (Å²) in [7, 11) is 3.12. The van der Waals surface area contributed by atoms with E-state index in [9.17, 15) is 4.79 Å². The number of rotatable bonds is 5. The van der Waals surface area contributed by atoms with E-state index in [1.54, 1.807) is 43.8 Å². The smallest absolute Gasteiger partial charge is 0.251 e. The first kappa shape index (κ1) is 14.4. The van der Waals surface area contributed by atoms with Gasteiger partial charge in [0, 0.05) is 10.4 Å². The van der Waals surface area contributed by atoms with E-state index in [-0.39, 0.29) is 11.9 Å². The zero-order chi connectivity index (χ0) is 14.5. The Balaban J connectivity index is 2.13. The zero-order valence-electron chi connectivity index (χ0n) is 11.7. The van der Waals surface area contributed by atoms with Gasteiger partial charge in [0.2, 0.25) is 0 Å². The molecule has 0 bridgehead atoms. The average molecular weight is 291 g/mol. The number of nitrogens with one attached hydrogen (secondary N) is 1. The predicted octanol–water partition coefficient (Wildman–Crippen LogP) is 3.26. The second kappa shape index (κ2) is 6.43. The lowest BCUT2D eigenvalue weighted by atomic mass is 10.1. The summed E-state index contributed by atoms with van der Waals surface area (Å²) in [5.74, 6) is 1.02. The Kier molecular flexibility index (Phi) is 4.63. The lowest BCUT2D eigenvalue weighted by Crippen LogP contribution is -2.26. The molecule has 0 saturated carbocycles. The number of carbonyl (C=O) groups is 1. The van der Waals surface area contributed by atoms with Gasteiger partial charge in [0.1, 0.15) is 0 Å². The Morgan fingerprint density at radius 3 is 2.55 bits per heavy atom. The van der Waals surface area contributed by atoms with Gasteiger partial charge in [-0.15, -0.1) is 11.3 Å². The van der Waals surface area contributed by atoms with E-state index in [0.717, 1.165) is 4.88 Å². The molecule has 1 atom stereocenters. The summed E-state index contributed by atoms with van der Waals surface area (Å²) in [5.41, 5.74) is 0.547. The highest BCUT2D eigenvalue weighted by atomic mass is 32.1. The third-order valence-electron chi connectivity index (χ3n) is 2.96. The topological polar surface area (TPSA) is 47.6 Å². The maximum absolute atomic E-state index is 12.2. The summed E-state index contributed by atoms with van der Waals surface area (Å²) >= 11 is 1.62. The molecule has 106 valence electrons. The number of amides is 1. The zero-order valence-corrected chi connectivity index (χ0v) is 12.5. The van der Waals surface area contributed by atoms with Crippen molar-refractivity contribution in [3.63, 3.8) is 0 Å².